The van der Waals surface area contributed by atoms with Crippen molar-refractivity contribution in [3.8, 4) is 0 Å². The number of amides is 1. The molecule has 0 radical (unpaired) electrons. The van der Waals surface area contributed by atoms with E-state index in [-0.39, 0.29) is 24.2 Å². The van der Waals surface area contributed by atoms with Crippen LogP contribution in [0.1, 0.15) is 19.4 Å². The molecule has 1 aliphatic rings. The molecule has 1 aliphatic heterocycles. The summed E-state index contributed by atoms with van der Waals surface area (Å²) in [7, 11) is 0. The van der Waals surface area contributed by atoms with Crippen molar-refractivity contribution in [1.82, 2.24) is 5.32 Å². The zero-order valence-corrected chi connectivity index (χ0v) is 13.3. The van der Waals surface area contributed by atoms with Crippen LogP contribution in [-0.2, 0) is 11.2 Å². The second-order valence-electron chi connectivity index (χ2n) is 4.92. The van der Waals surface area contributed by atoms with Gasteiger partial charge >= 0.3 is 6.09 Å². The molecule has 1 N–H and O–H groups in total. The Morgan fingerprint density at radius 3 is 2.79 bits per heavy atom. The molecule has 1 amide bonds. The summed E-state index contributed by atoms with van der Waals surface area (Å²) < 4.78 is 6.63. The van der Waals surface area contributed by atoms with Gasteiger partial charge in [0.05, 0.1) is 6.04 Å². The van der Waals surface area contributed by atoms with Crippen LogP contribution < -0.4 is 5.32 Å². The van der Waals surface area contributed by atoms with E-state index in [4.69, 9.17) is 4.74 Å². The molecule has 1 aromatic carbocycles. The molecular weight excluding hydrogens is 353 g/mol. The van der Waals surface area contributed by atoms with Crippen molar-refractivity contribution < 1.29 is 9.53 Å². The van der Waals surface area contributed by atoms with Crippen LogP contribution in [0.4, 0.5) is 4.79 Å². The average Bonchev–Trinajstić information content (AvgIpc) is 2.71. The number of alkyl carbamates (subject to hydrolysis) is 1. The highest BCUT2D eigenvalue weighted by molar-refractivity contribution is 14.1. The van der Waals surface area contributed by atoms with Crippen LogP contribution in [0.3, 0.4) is 0 Å². The molecule has 1 heterocycles. The fourth-order valence-corrected chi connectivity index (χ4v) is 3.01. The SMILES string of the molecule is C/C(I)=C\[C@@H](C)[C@H]1OC(=O)N[C@H]1Cc1ccccc1. The number of rotatable bonds is 4. The van der Waals surface area contributed by atoms with Gasteiger partial charge in [-0.05, 0) is 45.1 Å². The minimum Gasteiger partial charge on any atom is -0.443 e. The maximum Gasteiger partial charge on any atom is 0.407 e. The van der Waals surface area contributed by atoms with Gasteiger partial charge in [0.15, 0.2) is 0 Å². The van der Waals surface area contributed by atoms with Crippen molar-refractivity contribution in [2.75, 3.05) is 0 Å². The normalized spacial score (nSPS) is 24.8. The first kappa shape index (κ1) is 14.4. The van der Waals surface area contributed by atoms with Gasteiger partial charge in [0.25, 0.3) is 0 Å². The van der Waals surface area contributed by atoms with Crippen molar-refractivity contribution in [3.63, 3.8) is 0 Å². The maximum atomic E-state index is 11.5. The van der Waals surface area contributed by atoms with Gasteiger partial charge in [-0.3, -0.25) is 0 Å². The molecule has 1 saturated heterocycles. The Labute approximate surface area is 127 Å². The van der Waals surface area contributed by atoms with Crippen LogP contribution in [-0.4, -0.2) is 18.2 Å². The summed E-state index contributed by atoms with van der Waals surface area (Å²) >= 11 is 2.28. The van der Waals surface area contributed by atoms with E-state index in [1.807, 2.05) is 25.1 Å². The molecule has 0 aliphatic carbocycles. The third-order valence-electron chi connectivity index (χ3n) is 3.25. The predicted molar refractivity (Wildman–Crippen MR) is 84.3 cm³/mol. The number of nitrogens with one attached hydrogen (secondary N) is 1. The Balaban J connectivity index is 2.09. The summed E-state index contributed by atoms with van der Waals surface area (Å²) in [6, 6.07) is 10.2. The van der Waals surface area contributed by atoms with Crippen LogP contribution in [0.15, 0.2) is 40.0 Å². The largest absolute Gasteiger partial charge is 0.443 e. The molecule has 0 aromatic heterocycles. The Morgan fingerprint density at radius 2 is 2.16 bits per heavy atom. The number of ether oxygens (including phenoxy) is 1. The average molecular weight is 371 g/mol. The zero-order chi connectivity index (χ0) is 13.8. The van der Waals surface area contributed by atoms with Crippen LogP contribution >= 0.6 is 22.6 Å². The van der Waals surface area contributed by atoms with Gasteiger partial charge in [-0.2, -0.15) is 0 Å². The van der Waals surface area contributed by atoms with E-state index >= 15 is 0 Å². The Hall–Kier alpha value is -1.04. The quantitative estimate of drug-likeness (QED) is 0.821. The first-order valence-corrected chi connectivity index (χ1v) is 7.49. The number of cyclic esters (lactones) is 1. The molecule has 0 saturated carbocycles. The fraction of sp³-hybridized carbons (Fsp3) is 0.400. The number of hydrogen-bond donors (Lipinski definition) is 1. The number of halogens is 1. The van der Waals surface area contributed by atoms with E-state index in [0.717, 1.165) is 6.42 Å². The van der Waals surface area contributed by atoms with Crippen molar-refractivity contribution in [2.45, 2.75) is 32.4 Å². The molecule has 3 atom stereocenters. The van der Waals surface area contributed by atoms with E-state index in [1.165, 1.54) is 9.14 Å². The maximum absolute atomic E-state index is 11.5. The molecule has 0 bridgehead atoms. The highest BCUT2D eigenvalue weighted by atomic mass is 127. The molecule has 3 nitrogen and oxygen atoms in total. The predicted octanol–water partition coefficient (Wildman–Crippen LogP) is 3.68. The monoisotopic (exact) mass is 371 g/mol. The molecule has 19 heavy (non-hydrogen) atoms. The lowest BCUT2D eigenvalue weighted by atomic mass is 9.93. The zero-order valence-electron chi connectivity index (χ0n) is 11.1. The molecule has 0 spiro atoms. The van der Waals surface area contributed by atoms with Gasteiger partial charge in [-0.15, -0.1) is 0 Å². The number of carbonyl (C=O) groups excluding carboxylic acids is 1. The van der Waals surface area contributed by atoms with Crippen LogP contribution in [0.25, 0.3) is 0 Å². The van der Waals surface area contributed by atoms with Gasteiger partial charge in [-0.1, -0.05) is 43.3 Å². The van der Waals surface area contributed by atoms with Crippen LogP contribution in [0, 0.1) is 5.92 Å². The van der Waals surface area contributed by atoms with E-state index in [9.17, 15) is 4.79 Å². The first-order valence-electron chi connectivity index (χ1n) is 6.41. The Kier molecular flexibility index (Phi) is 4.85. The van der Waals surface area contributed by atoms with Crippen LogP contribution in [0.2, 0.25) is 0 Å². The minimum atomic E-state index is -0.308. The molecule has 1 aromatic rings. The lowest BCUT2D eigenvalue weighted by Gasteiger charge is -2.21. The number of hydrogen-bond acceptors (Lipinski definition) is 2. The van der Waals surface area contributed by atoms with Crippen molar-refractivity contribution in [3.05, 3.63) is 45.6 Å². The highest BCUT2D eigenvalue weighted by Crippen LogP contribution is 2.23. The molecular formula is C15H18INO2. The van der Waals surface area contributed by atoms with Gasteiger partial charge < -0.3 is 10.1 Å². The van der Waals surface area contributed by atoms with E-state index in [2.05, 4.69) is 53.0 Å². The summed E-state index contributed by atoms with van der Waals surface area (Å²) in [4.78, 5) is 11.5. The second-order valence-corrected chi connectivity index (χ2v) is 6.62. The Bertz CT molecular complexity index is 468. The topological polar surface area (TPSA) is 38.3 Å². The number of allylic oxidation sites excluding steroid dienone is 1. The highest BCUT2D eigenvalue weighted by Gasteiger charge is 2.36. The molecule has 2 rings (SSSR count). The van der Waals surface area contributed by atoms with Gasteiger partial charge in [-0.25, -0.2) is 4.79 Å². The Morgan fingerprint density at radius 1 is 1.47 bits per heavy atom. The second kappa shape index (κ2) is 6.41. The van der Waals surface area contributed by atoms with Crippen molar-refractivity contribution >= 4 is 28.7 Å². The third kappa shape index (κ3) is 3.96. The summed E-state index contributed by atoms with van der Waals surface area (Å²) in [5, 5.41) is 2.91. The van der Waals surface area contributed by atoms with Crippen molar-refractivity contribution in [1.29, 1.82) is 0 Å². The summed E-state index contributed by atoms with van der Waals surface area (Å²) in [5.41, 5.74) is 1.21. The molecule has 1 fully saturated rings. The summed E-state index contributed by atoms with van der Waals surface area (Å²) in [5.74, 6) is 0.213. The minimum absolute atomic E-state index is 0.0388. The van der Waals surface area contributed by atoms with E-state index < -0.39 is 0 Å². The molecule has 102 valence electrons. The third-order valence-corrected chi connectivity index (χ3v) is 3.61. The number of benzene rings is 1. The van der Waals surface area contributed by atoms with Crippen LogP contribution in [0.5, 0.6) is 0 Å². The van der Waals surface area contributed by atoms with Crippen molar-refractivity contribution in [2.24, 2.45) is 5.92 Å². The number of carbonyl (C=O) groups is 1. The molecule has 4 heteroatoms. The summed E-state index contributed by atoms with van der Waals surface area (Å²) in [6.45, 7) is 4.14. The van der Waals surface area contributed by atoms with Gasteiger partial charge in [0.1, 0.15) is 6.10 Å². The first-order chi connectivity index (χ1) is 9.06. The molecule has 0 unspecified atom stereocenters. The fourth-order valence-electron chi connectivity index (χ4n) is 2.44. The van der Waals surface area contributed by atoms with E-state index in [0.29, 0.717) is 0 Å². The lowest BCUT2D eigenvalue weighted by molar-refractivity contribution is 0.110. The summed E-state index contributed by atoms with van der Waals surface area (Å²) in [6.07, 6.45) is 2.54. The van der Waals surface area contributed by atoms with E-state index in [1.54, 1.807) is 0 Å². The lowest BCUT2D eigenvalue weighted by Crippen LogP contribution is -2.36. The standard InChI is InChI=1S/C15H18INO2/c1-10(8-11(2)16)14-13(17-15(18)19-14)9-12-6-4-3-5-7-12/h3-8,10,13-14H,9H2,1-2H3,(H,17,18)/b11-8+/t10-,13+,14-/m1/s1. The van der Waals surface area contributed by atoms with Gasteiger partial charge in [0, 0.05) is 5.92 Å². The van der Waals surface area contributed by atoms with Gasteiger partial charge in [0.2, 0.25) is 0 Å². The smallest absolute Gasteiger partial charge is 0.407 e.